The number of hydrogen-bond acceptors (Lipinski definition) is 5. The lowest BCUT2D eigenvalue weighted by Gasteiger charge is -2.46. The zero-order valence-electron chi connectivity index (χ0n) is 18.8. The van der Waals surface area contributed by atoms with Gasteiger partial charge in [0.1, 0.15) is 23.4 Å². The number of carbonyl (C=O) groups is 2. The van der Waals surface area contributed by atoms with Crippen molar-refractivity contribution in [2.45, 2.75) is 52.0 Å². The molecule has 0 spiro atoms. The number of hydrogen-bond donors (Lipinski definition) is 2. The minimum Gasteiger partial charge on any atom is -0.503 e. The van der Waals surface area contributed by atoms with Crippen LogP contribution < -0.4 is 10.7 Å². The molecule has 33 heavy (non-hydrogen) atoms. The van der Waals surface area contributed by atoms with E-state index in [2.05, 4.69) is 5.32 Å². The largest absolute Gasteiger partial charge is 0.503 e. The molecule has 0 aliphatic carbocycles. The van der Waals surface area contributed by atoms with Gasteiger partial charge < -0.3 is 19.9 Å². The number of nitrogens with one attached hydrogen (secondary N) is 1. The van der Waals surface area contributed by atoms with Gasteiger partial charge in [-0.1, -0.05) is 13.0 Å². The van der Waals surface area contributed by atoms with E-state index >= 15 is 0 Å². The van der Waals surface area contributed by atoms with Gasteiger partial charge in [0.05, 0.1) is 6.54 Å². The number of amides is 2. The Morgan fingerprint density at radius 1 is 1.24 bits per heavy atom. The summed E-state index contributed by atoms with van der Waals surface area (Å²) in [5.41, 5.74) is -1.13. The molecule has 2 heterocycles. The molecular weight excluding hydrogens is 434 g/mol. The zero-order chi connectivity index (χ0) is 24.3. The lowest BCUT2D eigenvalue weighted by Crippen LogP contribution is -2.59. The Labute approximate surface area is 190 Å². The molecule has 1 aromatic carbocycles. The molecule has 2 amide bonds. The van der Waals surface area contributed by atoms with E-state index in [1.807, 2.05) is 18.9 Å². The summed E-state index contributed by atoms with van der Waals surface area (Å²) < 4.78 is 28.4. The predicted octanol–water partition coefficient (Wildman–Crippen LogP) is 2.05. The SMILES string of the molecule is CCC(=O)N1C(C)CCN(C)C1Cn1cc(O)c(=O)c(C(=O)NCc2ccc(F)cc2F)c1. The number of pyridine rings is 1. The molecule has 3 rings (SSSR count). The molecule has 0 bridgehead atoms. The van der Waals surface area contributed by atoms with E-state index in [1.54, 1.807) is 11.8 Å². The van der Waals surface area contributed by atoms with Crippen LogP contribution in [-0.4, -0.2) is 57.1 Å². The van der Waals surface area contributed by atoms with Gasteiger partial charge in [0.2, 0.25) is 11.3 Å². The topological polar surface area (TPSA) is 94.9 Å². The Morgan fingerprint density at radius 3 is 2.64 bits per heavy atom. The number of benzene rings is 1. The maximum Gasteiger partial charge on any atom is 0.257 e. The molecule has 2 atom stereocenters. The van der Waals surface area contributed by atoms with Crippen molar-refractivity contribution in [2.24, 2.45) is 0 Å². The maximum atomic E-state index is 13.8. The van der Waals surface area contributed by atoms with Crippen LogP contribution in [0.5, 0.6) is 5.75 Å². The van der Waals surface area contributed by atoms with Crippen molar-refractivity contribution in [3.05, 3.63) is 63.6 Å². The van der Waals surface area contributed by atoms with E-state index in [0.29, 0.717) is 12.5 Å². The summed E-state index contributed by atoms with van der Waals surface area (Å²) in [6.45, 7) is 4.50. The Morgan fingerprint density at radius 2 is 1.97 bits per heavy atom. The highest BCUT2D eigenvalue weighted by atomic mass is 19.1. The van der Waals surface area contributed by atoms with Crippen LogP contribution in [0.2, 0.25) is 0 Å². The molecule has 2 unspecified atom stereocenters. The van der Waals surface area contributed by atoms with Crippen LogP contribution in [0, 0.1) is 11.6 Å². The van der Waals surface area contributed by atoms with Crippen molar-refractivity contribution in [3.8, 4) is 5.75 Å². The number of nitrogens with zero attached hydrogens (tertiary/aromatic N) is 3. The van der Waals surface area contributed by atoms with Gasteiger partial charge in [-0.25, -0.2) is 8.78 Å². The molecule has 0 saturated carbocycles. The first-order chi connectivity index (χ1) is 15.6. The van der Waals surface area contributed by atoms with Crippen molar-refractivity contribution in [3.63, 3.8) is 0 Å². The highest BCUT2D eigenvalue weighted by Gasteiger charge is 2.34. The van der Waals surface area contributed by atoms with Crippen LogP contribution in [0.4, 0.5) is 8.78 Å². The van der Waals surface area contributed by atoms with Crippen molar-refractivity contribution in [2.75, 3.05) is 13.6 Å². The van der Waals surface area contributed by atoms with E-state index < -0.39 is 28.7 Å². The maximum absolute atomic E-state index is 13.8. The molecule has 1 aromatic heterocycles. The van der Waals surface area contributed by atoms with Gasteiger partial charge in [-0.15, -0.1) is 0 Å². The molecule has 1 fully saturated rings. The van der Waals surface area contributed by atoms with E-state index in [9.17, 15) is 28.3 Å². The van der Waals surface area contributed by atoms with Crippen molar-refractivity contribution in [1.29, 1.82) is 0 Å². The second-order valence-electron chi connectivity index (χ2n) is 8.25. The third-order valence-corrected chi connectivity index (χ3v) is 5.93. The third-order valence-electron chi connectivity index (χ3n) is 5.93. The van der Waals surface area contributed by atoms with Crippen LogP contribution in [0.15, 0.2) is 35.4 Å². The highest BCUT2D eigenvalue weighted by Crippen LogP contribution is 2.22. The van der Waals surface area contributed by atoms with Crippen molar-refractivity contribution >= 4 is 11.8 Å². The van der Waals surface area contributed by atoms with Gasteiger partial charge in [0, 0.05) is 49.6 Å². The molecule has 0 radical (unpaired) electrons. The Bertz CT molecular complexity index is 1100. The van der Waals surface area contributed by atoms with Crippen LogP contribution in [-0.2, 0) is 17.9 Å². The first-order valence-corrected chi connectivity index (χ1v) is 10.8. The fraction of sp³-hybridized carbons (Fsp3) is 0.435. The molecule has 2 aromatic rings. The highest BCUT2D eigenvalue weighted by molar-refractivity contribution is 5.94. The van der Waals surface area contributed by atoms with Crippen LogP contribution in [0.25, 0.3) is 0 Å². The smallest absolute Gasteiger partial charge is 0.257 e. The Hall–Kier alpha value is -3.27. The molecule has 1 saturated heterocycles. The van der Waals surface area contributed by atoms with Gasteiger partial charge in [0.25, 0.3) is 5.91 Å². The zero-order valence-corrected chi connectivity index (χ0v) is 18.8. The monoisotopic (exact) mass is 462 g/mol. The first kappa shape index (κ1) is 24.4. The number of halogens is 2. The van der Waals surface area contributed by atoms with Crippen molar-refractivity contribution in [1.82, 2.24) is 19.7 Å². The molecule has 2 N–H and O–H groups in total. The number of carbonyl (C=O) groups excluding carboxylic acids is 2. The van der Waals surface area contributed by atoms with E-state index in [4.69, 9.17) is 0 Å². The molecular formula is C23H28F2N4O4. The minimum absolute atomic E-state index is 0.0105. The average Bonchev–Trinajstić information content (AvgIpc) is 2.77. The summed E-state index contributed by atoms with van der Waals surface area (Å²) in [6, 6.07) is 3.00. The lowest BCUT2D eigenvalue weighted by molar-refractivity contribution is -0.144. The van der Waals surface area contributed by atoms with Crippen LogP contribution >= 0.6 is 0 Å². The Kier molecular flexibility index (Phi) is 7.47. The second-order valence-corrected chi connectivity index (χ2v) is 8.25. The average molecular weight is 462 g/mol. The molecule has 8 nitrogen and oxygen atoms in total. The van der Waals surface area contributed by atoms with Gasteiger partial charge >= 0.3 is 0 Å². The quantitative estimate of drug-likeness (QED) is 0.685. The predicted molar refractivity (Wildman–Crippen MR) is 118 cm³/mol. The molecule has 10 heteroatoms. The fourth-order valence-electron chi connectivity index (χ4n) is 4.01. The molecule has 1 aliphatic heterocycles. The van der Waals surface area contributed by atoms with Gasteiger partial charge in [-0.3, -0.25) is 19.3 Å². The lowest BCUT2D eigenvalue weighted by atomic mass is 10.1. The van der Waals surface area contributed by atoms with Crippen molar-refractivity contribution < 1.29 is 23.5 Å². The summed E-state index contributed by atoms with van der Waals surface area (Å²) in [5.74, 6) is -2.99. The van der Waals surface area contributed by atoms with E-state index in [1.165, 1.54) is 23.0 Å². The first-order valence-electron chi connectivity index (χ1n) is 10.8. The number of rotatable bonds is 6. The van der Waals surface area contributed by atoms with Gasteiger partial charge in [-0.05, 0) is 26.5 Å². The number of likely N-dealkylation sites (N-methyl/N-ethyl adjacent to an activating group) is 1. The Balaban J connectivity index is 1.83. The number of aromatic hydroxyl groups is 1. The number of aromatic nitrogens is 1. The fourth-order valence-corrected chi connectivity index (χ4v) is 4.01. The standard InChI is InChI=1S/C23H28F2N4O4/c1-4-21(31)29-14(2)7-8-27(3)20(29)13-28-11-17(22(32)19(30)12-28)23(33)26-10-15-5-6-16(24)9-18(15)25/h5-6,9,11-12,14,20,30H,4,7-8,10,13H2,1-3H3,(H,26,33). The molecule has 1 aliphatic rings. The van der Waals surface area contributed by atoms with Crippen LogP contribution in [0.3, 0.4) is 0 Å². The van der Waals surface area contributed by atoms with Crippen LogP contribution in [0.1, 0.15) is 42.6 Å². The minimum atomic E-state index is -0.866. The summed E-state index contributed by atoms with van der Waals surface area (Å²) in [4.78, 5) is 41.4. The van der Waals surface area contributed by atoms with Gasteiger partial charge in [0.15, 0.2) is 5.75 Å². The summed E-state index contributed by atoms with van der Waals surface area (Å²) >= 11 is 0. The van der Waals surface area contributed by atoms with E-state index in [-0.39, 0.29) is 42.3 Å². The summed E-state index contributed by atoms with van der Waals surface area (Å²) in [7, 11) is 1.89. The summed E-state index contributed by atoms with van der Waals surface area (Å²) in [5, 5.41) is 12.6. The molecule has 178 valence electrons. The summed E-state index contributed by atoms with van der Waals surface area (Å²) in [6.07, 6.45) is 3.37. The second kappa shape index (κ2) is 10.1. The van der Waals surface area contributed by atoms with Gasteiger partial charge in [-0.2, -0.15) is 0 Å². The third kappa shape index (κ3) is 5.39. The van der Waals surface area contributed by atoms with E-state index in [0.717, 1.165) is 19.0 Å². The normalized spacial score (nSPS) is 18.9.